The van der Waals surface area contributed by atoms with Gasteiger partial charge in [-0.05, 0) is 68.1 Å². The number of hydrogen-bond acceptors (Lipinski definition) is 2. The number of rotatable bonds is 3. The fourth-order valence-electron chi connectivity index (χ4n) is 5.32. The highest BCUT2D eigenvalue weighted by Crippen LogP contribution is 2.48. The maximum atomic E-state index is 12.1. The monoisotopic (exact) mass is 260 g/mol. The van der Waals surface area contributed by atoms with Crippen LogP contribution in [-0.4, -0.2) is 12.1 Å². The van der Waals surface area contributed by atoms with E-state index in [1.54, 1.807) is 0 Å². The van der Waals surface area contributed by atoms with E-state index in [0.29, 0.717) is 11.8 Å². The number of hydrogen-bond donors (Lipinski definition) is 1. The van der Waals surface area contributed by atoms with Crippen molar-refractivity contribution in [2.75, 3.05) is 0 Å². The summed E-state index contributed by atoms with van der Waals surface area (Å²) in [6.45, 7) is 0. The first-order valence-corrected chi connectivity index (χ1v) is 8.12. The average Bonchev–Trinajstić information content (AvgIpc) is 3.18. The van der Waals surface area contributed by atoms with E-state index in [1.165, 1.54) is 44.9 Å². The lowest BCUT2D eigenvalue weighted by atomic mass is 9.88. The zero-order valence-electron chi connectivity index (χ0n) is 11.6. The van der Waals surface area contributed by atoms with E-state index < -0.39 is 0 Å². The maximum Gasteiger partial charge on any atom is 0.243 e. The van der Waals surface area contributed by atoms with Crippen molar-refractivity contribution in [3.05, 3.63) is 0 Å². The molecule has 6 atom stereocenters. The Morgan fingerprint density at radius 2 is 1.68 bits per heavy atom. The summed E-state index contributed by atoms with van der Waals surface area (Å²) in [5, 5.41) is 4.28. The molecule has 0 aromatic carbocycles. The van der Waals surface area contributed by atoms with Crippen LogP contribution in [0.3, 0.4) is 0 Å². The molecule has 3 heteroatoms. The van der Waals surface area contributed by atoms with Crippen LogP contribution in [0.1, 0.15) is 51.4 Å². The first-order chi connectivity index (χ1) is 9.29. The molecule has 0 unspecified atom stereocenters. The molecule has 0 heterocycles. The second-order valence-corrected chi connectivity index (χ2v) is 7.37. The smallest absolute Gasteiger partial charge is 0.243 e. The van der Waals surface area contributed by atoms with Crippen LogP contribution in [0, 0.1) is 35.5 Å². The van der Waals surface area contributed by atoms with Crippen molar-refractivity contribution in [1.29, 1.82) is 0 Å². The molecule has 4 fully saturated rings. The van der Waals surface area contributed by atoms with Gasteiger partial charge in [0.15, 0.2) is 0 Å². The van der Waals surface area contributed by atoms with Crippen molar-refractivity contribution in [1.82, 2.24) is 5.43 Å². The lowest BCUT2D eigenvalue weighted by Gasteiger charge is -2.20. The molecule has 4 rings (SSSR count). The Morgan fingerprint density at radius 1 is 0.947 bits per heavy atom. The summed E-state index contributed by atoms with van der Waals surface area (Å²) in [7, 11) is 0. The van der Waals surface area contributed by atoms with Crippen LogP contribution in [-0.2, 0) is 4.79 Å². The predicted octanol–water partition coefficient (Wildman–Crippen LogP) is 2.96. The molecular formula is C16H24N2O. The van der Waals surface area contributed by atoms with E-state index in [-0.39, 0.29) is 11.8 Å². The van der Waals surface area contributed by atoms with Gasteiger partial charge >= 0.3 is 0 Å². The van der Waals surface area contributed by atoms with E-state index >= 15 is 0 Å². The van der Waals surface area contributed by atoms with Gasteiger partial charge in [-0.25, -0.2) is 5.43 Å². The van der Waals surface area contributed by atoms with E-state index in [0.717, 1.165) is 24.2 Å². The number of carbonyl (C=O) groups is 1. The number of carbonyl (C=O) groups excluding carboxylic acids is 1. The molecule has 0 aliphatic heterocycles. The molecule has 3 nitrogen and oxygen atoms in total. The third-order valence-electron chi connectivity index (χ3n) is 6.31. The van der Waals surface area contributed by atoms with Crippen LogP contribution in [0.5, 0.6) is 0 Å². The molecule has 4 aliphatic carbocycles. The predicted molar refractivity (Wildman–Crippen MR) is 74.5 cm³/mol. The van der Waals surface area contributed by atoms with Gasteiger partial charge in [0.1, 0.15) is 0 Å². The topological polar surface area (TPSA) is 41.5 Å². The first-order valence-electron chi connectivity index (χ1n) is 8.12. The molecule has 0 radical (unpaired) electrons. The van der Waals surface area contributed by atoms with Gasteiger partial charge in [-0.3, -0.25) is 4.79 Å². The number of nitrogens with one attached hydrogen (secondary N) is 1. The van der Waals surface area contributed by atoms with Gasteiger partial charge in [-0.2, -0.15) is 5.10 Å². The summed E-state index contributed by atoms with van der Waals surface area (Å²) in [5.74, 6) is 4.37. The summed E-state index contributed by atoms with van der Waals surface area (Å²) < 4.78 is 0. The number of hydrazone groups is 1. The molecule has 0 aromatic heterocycles. The molecule has 0 aromatic rings. The molecule has 104 valence electrons. The highest BCUT2D eigenvalue weighted by molar-refractivity contribution is 5.80. The molecule has 19 heavy (non-hydrogen) atoms. The Morgan fingerprint density at radius 3 is 2.26 bits per heavy atom. The molecule has 1 amide bonds. The Balaban J connectivity index is 1.29. The summed E-state index contributed by atoms with van der Waals surface area (Å²) in [5.41, 5.74) is 2.83. The third kappa shape index (κ3) is 2.11. The van der Waals surface area contributed by atoms with Crippen LogP contribution in [0.15, 0.2) is 5.10 Å². The standard InChI is InChI=1S/C16H24N2O/c19-16(15-8-11-2-4-13(15)6-11)18-17-9-14-7-10-1-3-12(14)5-10/h9-15H,1-8H2,(H,18,19)/t10-,11-,12-,13-,14-,15+/m0/s1. The van der Waals surface area contributed by atoms with E-state index in [9.17, 15) is 4.79 Å². The summed E-state index contributed by atoms with van der Waals surface area (Å²) in [6.07, 6.45) is 12.5. The summed E-state index contributed by atoms with van der Waals surface area (Å²) >= 11 is 0. The SMILES string of the molecule is O=C(NN=C[C@@H]1C[C@H]2CC[C@H]1C2)[C@@H]1C[C@H]2CC[C@H]1C2. The first kappa shape index (κ1) is 11.9. The minimum Gasteiger partial charge on any atom is -0.273 e. The van der Waals surface area contributed by atoms with Crippen LogP contribution in [0.4, 0.5) is 0 Å². The molecule has 4 saturated carbocycles. The molecule has 0 spiro atoms. The number of fused-ring (bicyclic) bond motifs is 4. The van der Waals surface area contributed by atoms with Crippen LogP contribution < -0.4 is 5.43 Å². The van der Waals surface area contributed by atoms with Crippen LogP contribution >= 0.6 is 0 Å². The van der Waals surface area contributed by atoms with Gasteiger partial charge in [0.2, 0.25) is 5.91 Å². The van der Waals surface area contributed by atoms with E-state index in [1.807, 2.05) is 6.21 Å². The Labute approximate surface area is 115 Å². The maximum absolute atomic E-state index is 12.1. The van der Waals surface area contributed by atoms with E-state index in [4.69, 9.17) is 0 Å². The van der Waals surface area contributed by atoms with Crippen molar-refractivity contribution in [3.8, 4) is 0 Å². The molecule has 4 aliphatic rings. The number of amides is 1. The highest BCUT2D eigenvalue weighted by Gasteiger charge is 2.43. The Kier molecular flexibility index (Phi) is 2.89. The average molecular weight is 260 g/mol. The fraction of sp³-hybridized carbons (Fsp3) is 0.875. The zero-order valence-corrected chi connectivity index (χ0v) is 11.6. The van der Waals surface area contributed by atoms with Crippen molar-refractivity contribution in [2.45, 2.75) is 51.4 Å². The molecule has 1 N–H and O–H groups in total. The summed E-state index contributed by atoms with van der Waals surface area (Å²) in [6, 6.07) is 0. The Bertz CT molecular complexity index is 406. The highest BCUT2D eigenvalue weighted by atomic mass is 16.2. The van der Waals surface area contributed by atoms with Gasteiger partial charge in [-0.15, -0.1) is 0 Å². The lowest BCUT2D eigenvalue weighted by molar-refractivity contribution is -0.126. The lowest BCUT2D eigenvalue weighted by Crippen LogP contribution is -2.31. The summed E-state index contributed by atoms with van der Waals surface area (Å²) in [4.78, 5) is 12.1. The quantitative estimate of drug-likeness (QED) is 0.615. The van der Waals surface area contributed by atoms with Gasteiger partial charge < -0.3 is 0 Å². The zero-order chi connectivity index (χ0) is 12.8. The van der Waals surface area contributed by atoms with Crippen molar-refractivity contribution >= 4 is 12.1 Å². The second kappa shape index (κ2) is 4.60. The van der Waals surface area contributed by atoms with Gasteiger partial charge in [0, 0.05) is 12.1 Å². The van der Waals surface area contributed by atoms with Crippen molar-refractivity contribution < 1.29 is 4.79 Å². The normalized spacial score (nSPS) is 47.4. The van der Waals surface area contributed by atoms with Gasteiger partial charge in [-0.1, -0.05) is 12.8 Å². The van der Waals surface area contributed by atoms with Crippen molar-refractivity contribution in [2.24, 2.45) is 40.6 Å². The Hall–Kier alpha value is -0.860. The third-order valence-corrected chi connectivity index (χ3v) is 6.31. The molecule has 0 saturated heterocycles. The minimum absolute atomic E-state index is 0.187. The van der Waals surface area contributed by atoms with Crippen LogP contribution in [0.25, 0.3) is 0 Å². The van der Waals surface area contributed by atoms with Gasteiger partial charge in [0.25, 0.3) is 0 Å². The number of nitrogens with zero attached hydrogens (tertiary/aromatic N) is 1. The van der Waals surface area contributed by atoms with Crippen LogP contribution in [0.2, 0.25) is 0 Å². The van der Waals surface area contributed by atoms with Crippen molar-refractivity contribution in [3.63, 3.8) is 0 Å². The fourth-order valence-corrected chi connectivity index (χ4v) is 5.32. The van der Waals surface area contributed by atoms with E-state index in [2.05, 4.69) is 10.5 Å². The minimum atomic E-state index is 0.187. The molecule has 4 bridgehead atoms. The largest absolute Gasteiger partial charge is 0.273 e. The van der Waals surface area contributed by atoms with Gasteiger partial charge in [0.05, 0.1) is 0 Å². The molecular weight excluding hydrogens is 236 g/mol. The second-order valence-electron chi connectivity index (χ2n) is 7.37.